The smallest absolute Gasteiger partial charge is 0.0349 e. The molecule has 1 rings (SSSR count). The Balaban J connectivity index is 0.00000289. The van der Waals surface area contributed by atoms with Gasteiger partial charge in [0.25, 0.3) is 0 Å². The molecule has 3 radical (unpaired) electrons. The molecule has 1 aliphatic heterocycles. The van der Waals surface area contributed by atoms with Crippen LogP contribution in [0.2, 0.25) is 5.31 Å². The summed E-state index contributed by atoms with van der Waals surface area (Å²) >= 11 is 0. The number of nitrogens with zero attached hydrogens (tertiary/aromatic N) is 1. The van der Waals surface area contributed by atoms with E-state index >= 15 is 0 Å². The van der Waals surface area contributed by atoms with Gasteiger partial charge in [-0.1, -0.05) is 39.5 Å². The molecule has 3 atom stereocenters. The van der Waals surface area contributed by atoms with Crippen molar-refractivity contribution in [3.05, 3.63) is 12.8 Å². The Bertz CT molecular complexity index is 223. The topological polar surface area (TPSA) is 3.24 Å². The van der Waals surface area contributed by atoms with E-state index in [-0.39, 0.29) is 38.0 Å². The summed E-state index contributed by atoms with van der Waals surface area (Å²) < 4.78 is 0. The molecular weight excluding hydrogens is 294 g/mol. The van der Waals surface area contributed by atoms with E-state index in [0.717, 1.165) is 25.3 Å². The third-order valence-corrected chi connectivity index (χ3v) is 3.96. The zero-order chi connectivity index (χ0) is 13.1. The van der Waals surface area contributed by atoms with Crippen LogP contribution in [0.1, 0.15) is 46.5 Å². The molecule has 1 aliphatic rings. The van der Waals surface area contributed by atoms with Gasteiger partial charge in [-0.3, -0.25) is 0 Å². The van der Waals surface area contributed by atoms with Gasteiger partial charge in [-0.05, 0) is 19.5 Å². The summed E-state index contributed by atoms with van der Waals surface area (Å²) in [5, 5.41) is -0.0997. The second kappa shape index (κ2) is 8.42. The molecule has 0 bridgehead atoms. The number of hydrogen-bond donors (Lipinski definition) is 0. The maximum absolute atomic E-state index is 6.56. The minimum Gasteiger partial charge on any atom is -0.343 e. The van der Waals surface area contributed by atoms with Crippen LogP contribution in [0.5, 0.6) is 0 Å². The standard InChI is InChI=1S/C15H28BN.Y/c1-6-7-12(2)9-15(4,16)14-8-13(3)10-17(5)11-14;/h12-13H,1,6-11H2,2-5H3;/q-2;. The largest absolute Gasteiger partial charge is 0.343 e. The number of rotatable bonds is 5. The van der Waals surface area contributed by atoms with Gasteiger partial charge in [-0.2, -0.15) is 18.2 Å². The minimum atomic E-state index is -0.0997. The molecule has 1 saturated heterocycles. The fourth-order valence-corrected chi connectivity index (χ4v) is 3.20. The van der Waals surface area contributed by atoms with Gasteiger partial charge in [-0.15, -0.1) is 6.54 Å². The summed E-state index contributed by atoms with van der Waals surface area (Å²) in [5.41, 5.74) is 0. The molecule has 0 spiro atoms. The molecule has 3 unspecified atom stereocenters. The predicted molar refractivity (Wildman–Crippen MR) is 77.0 cm³/mol. The molecular formula is C15H28BNY-2. The van der Waals surface area contributed by atoms with E-state index in [9.17, 15) is 0 Å². The fourth-order valence-electron chi connectivity index (χ4n) is 3.20. The number of hydrogen-bond acceptors (Lipinski definition) is 1. The second-order valence-corrected chi connectivity index (χ2v) is 6.48. The van der Waals surface area contributed by atoms with Gasteiger partial charge in [0.1, 0.15) is 0 Å². The van der Waals surface area contributed by atoms with Crippen molar-refractivity contribution in [1.29, 1.82) is 0 Å². The van der Waals surface area contributed by atoms with Gasteiger partial charge in [0.15, 0.2) is 0 Å². The molecule has 3 heteroatoms. The SMILES string of the molecule is [B]C(C)(CC(C)CC[CH2-])[C-]1CC(C)CN(C)C1.[Y]. The molecule has 1 heterocycles. The van der Waals surface area contributed by atoms with E-state index in [1.165, 1.54) is 25.3 Å². The molecule has 1 fully saturated rings. The van der Waals surface area contributed by atoms with Gasteiger partial charge in [0, 0.05) is 40.6 Å². The quantitative estimate of drug-likeness (QED) is 0.553. The zero-order valence-corrected chi connectivity index (χ0v) is 15.5. The summed E-state index contributed by atoms with van der Waals surface area (Å²) in [6.07, 6.45) is 4.50. The van der Waals surface area contributed by atoms with Crippen LogP contribution in [0.3, 0.4) is 0 Å². The van der Waals surface area contributed by atoms with Crippen molar-refractivity contribution in [2.24, 2.45) is 11.8 Å². The van der Waals surface area contributed by atoms with Crippen molar-refractivity contribution in [3.8, 4) is 0 Å². The van der Waals surface area contributed by atoms with Crippen LogP contribution in [-0.4, -0.2) is 32.9 Å². The summed E-state index contributed by atoms with van der Waals surface area (Å²) in [4.78, 5) is 2.40. The van der Waals surface area contributed by atoms with Crippen LogP contribution in [-0.2, 0) is 32.7 Å². The molecule has 0 saturated carbocycles. The molecule has 0 aliphatic carbocycles. The molecule has 0 aromatic carbocycles. The van der Waals surface area contributed by atoms with Crippen molar-refractivity contribution in [3.63, 3.8) is 0 Å². The normalized spacial score (nSPS) is 27.3. The first kappa shape index (κ1) is 19.1. The van der Waals surface area contributed by atoms with Crippen molar-refractivity contribution >= 4 is 7.85 Å². The van der Waals surface area contributed by atoms with Crippen molar-refractivity contribution in [1.82, 2.24) is 4.90 Å². The Morgan fingerprint density at radius 2 is 2.17 bits per heavy atom. The van der Waals surface area contributed by atoms with E-state index in [4.69, 9.17) is 7.85 Å². The molecule has 0 amide bonds. The third kappa shape index (κ3) is 6.05. The van der Waals surface area contributed by atoms with E-state index in [2.05, 4.69) is 39.6 Å². The Hall–Kier alpha value is 1.13. The van der Waals surface area contributed by atoms with Crippen molar-refractivity contribution in [2.45, 2.75) is 51.8 Å². The molecule has 18 heavy (non-hydrogen) atoms. The minimum absolute atomic E-state index is 0. The first-order valence-electron chi connectivity index (χ1n) is 6.97. The van der Waals surface area contributed by atoms with E-state index in [0.29, 0.717) is 5.92 Å². The second-order valence-electron chi connectivity index (χ2n) is 6.48. The van der Waals surface area contributed by atoms with Crippen LogP contribution in [0, 0.1) is 24.7 Å². The average molecular weight is 322 g/mol. The Kier molecular flexibility index (Phi) is 8.95. The molecule has 1 nitrogen and oxygen atoms in total. The van der Waals surface area contributed by atoms with Gasteiger partial charge < -0.3 is 17.7 Å². The van der Waals surface area contributed by atoms with Crippen LogP contribution in [0.25, 0.3) is 0 Å². The summed E-state index contributed by atoms with van der Waals surface area (Å²) in [7, 11) is 8.76. The van der Waals surface area contributed by atoms with Crippen LogP contribution < -0.4 is 0 Å². The van der Waals surface area contributed by atoms with Gasteiger partial charge >= 0.3 is 0 Å². The Morgan fingerprint density at radius 3 is 2.67 bits per heavy atom. The van der Waals surface area contributed by atoms with Gasteiger partial charge in [0.2, 0.25) is 0 Å². The van der Waals surface area contributed by atoms with E-state index < -0.39 is 0 Å². The molecule has 0 aromatic rings. The Labute approximate surface area is 141 Å². The van der Waals surface area contributed by atoms with Crippen LogP contribution >= 0.6 is 0 Å². The van der Waals surface area contributed by atoms with Crippen molar-refractivity contribution in [2.75, 3.05) is 20.1 Å². The zero-order valence-electron chi connectivity index (χ0n) is 12.7. The van der Waals surface area contributed by atoms with E-state index in [1.54, 1.807) is 0 Å². The maximum Gasteiger partial charge on any atom is 0.0349 e. The van der Waals surface area contributed by atoms with Crippen LogP contribution in [0.15, 0.2) is 0 Å². The van der Waals surface area contributed by atoms with E-state index in [1.807, 2.05) is 0 Å². The Morgan fingerprint density at radius 1 is 1.56 bits per heavy atom. The maximum atomic E-state index is 6.56. The van der Waals surface area contributed by atoms with Gasteiger partial charge in [0.05, 0.1) is 0 Å². The number of likely N-dealkylation sites (tertiary alicyclic amines) is 1. The number of piperidine rings is 1. The monoisotopic (exact) mass is 322 g/mol. The summed E-state index contributed by atoms with van der Waals surface area (Å²) in [6, 6.07) is 0. The first-order valence-corrected chi connectivity index (χ1v) is 6.97. The molecule has 0 N–H and O–H groups in total. The predicted octanol–water partition coefficient (Wildman–Crippen LogP) is 3.52. The molecule has 101 valence electrons. The van der Waals surface area contributed by atoms with Gasteiger partial charge in [-0.25, -0.2) is 0 Å². The fraction of sp³-hybridized carbons (Fsp3) is 0.867. The van der Waals surface area contributed by atoms with Crippen LogP contribution in [0.4, 0.5) is 0 Å². The third-order valence-electron chi connectivity index (χ3n) is 3.96. The summed E-state index contributed by atoms with van der Waals surface area (Å²) in [6.45, 7) is 13.1. The average Bonchev–Trinajstić information content (AvgIpc) is 2.15. The van der Waals surface area contributed by atoms with Crippen molar-refractivity contribution < 1.29 is 32.7 Å². The summed E-state index contributed by atoms with van der Waals surface area (Å²) in [5.74, 6) is 2.96. The first-order chi connectivity index (χ1) is 7.85. The molecule has 0 aromatic heterocycles.